The Bertz CT molecular complexity index is 518. The van der Waals surface area contributed by atoms with Crippen LogP contribution < -0.4 is 0 Å². The first-order valence-corrected chi connectivity index (χ1v) is 6.50. The topological polar surface area (TPSA) is 28.7 Å². The van der Waals surface area contributed by atoms with Crippen LogP contribution in [0.4, 0.5) is 0 Å². The van der Waals surface area contributed by atoms with Gasteiger partial charge >= 0.3 is 0 Å². The van der Waals surface area contributed by atoms with E-state index in [0.29, 0.717) is 0 Å². The molecule has 0 aliphatic carbocycles. The van der Waals surface area contributed by atoms with Crippen molar-refractivity contribution in [2.75, 3.05) is 0 Å². The van der Waals surface area contributed by atoms with Gasteiger partial charge in [-0.25, -0.2) is 0 Å². The van der Waals surface area contributed by atoms with Crippen LogP contribution in [0, 0.1) is 6.92 Å². The fourth-order valence-electron chi connectivity index (χ4n) is 1.73. The number of H-pyrrole nitrogens is 1. The summed E-state index contributed by atoms with van der Waals surface area (Å²) in [7, 11) is 0. The van der Waals surface area contributed by atoms with Gasteiger partial charge in [0.15, 0.2) is 0 Å². The molecule has 0 saturated heterocycles. The lowest BCUT2D eigenvalue weighted by molar-refractivity contribution is 0.564. The molecule has 3 heteroatoms. The molecule has 0 spiro atoms. The van der Waals surface area contributed by atoms with Crippen molar-refractivity contribution >= 4 is 15.9 Å². The van der Waals surface area contributed by atoms with Crippen molar-refractivity contribution in [1.29, 1.82) is 0 Å². The summed E-state index contributed by atoms with van der Waals surface area (Å²) in [6, 6.07) is 8.41. The van der Waals surface area contributed by atoms with Crippen LogP contribution in [0.5, 0.6) is 0 Å². The van der Waals surface area contributed by atoms with Crippen LogP contribution in [-0.2, 0) is 5.41 Å². The average molecular weight is 293 g/mol. The Morgan fingerprint density at radius 2 is 1.71 bits per heavy atom. The minimum atomic E-state index is 0.0643. The highest BCUT2D eigenvalue weighted by Gasteiger charge is 2.22. The first-order valence-electron chi connectivity index (χ1n) is 5.71. The number of rotatable bonds is 1. The molecule has 0 fully saturated rings. The molecular formula is C14H17BrN2. The molecule has 1 aromatic carbocycles. The zero-order valence-electron chi connectivity index (χ0n) is 10.6. The molecule has 1 heterocycles. The van der Waals surface area contributed by atoms with Crippen LogP contribution in [0.15, 0.2) is 28.7 Å². The van der Waals surface area contributed by atoms with Crippen molar-refractivity contribution < 1.29 is 0 Å². The lowest BCUT2D eigenvalue weighted by Gasteiger charge is -2.16. The molecule has 0 unspecified atom stereocenters. The van der Waals surface area contributed by atoms with Gasteiger partial charge in [-0.2, -0.15) is 5.10 Å². The van der Waals surface area contributed by atoms with Crippen molar-refractivity contribution in [3.05, 3.63) is 40.0 Å². The third-order valence-electron chi connectivity index (χ3n) is 2.78. The van der Waals surface area contributed by atoms with Crippen molar-refractivity contribution in [2.45, 2.75) is 33.1 Å². The molecule has 1 N–H and O–H groups in total. The van der Waals surface area contributed by atoms with Crippen molar-refractivity contribution in [3.63, 3.8) is 0 Å². The van der Waals surface area contributed by atoms with E-state index in [1.807, 2.05) is 0 Å². The number of nitrogens with zero attached hydrogens (tertiary/aromatic N) is 1. The van der Waals surface area contributed by atoms with Gasteiger partial charge in [0.1, 0.15) is 5.69 Å². The van der Waals surface area contributed by atoms with Gasteiger partial charge in [-0.05, 0) is 22.9 Å². The number of aromatic nitrogens is 2. The first kappa shape index (κ1) is 12.4. The van der Waals surface area contributed by atoms with Gasteiger partial charge in [-0.15, -0.1) is 0 Å². The second kappa shape index (κ2) is 4.30. The molecule has 90 valence electrons. The molecular weight excluding hydrogens is 276 g/mol. The maximum Gasteiger partial charge on any atom is 0.107 e. The molecule has 0 radical (unpaired) electrons. The maximum atomic E-state index is 4.41. The second-order valence-corrected chi connectivity index (χ2v) is 6.17. The lowest BCUT2D eigenvalue weighted by Crippen LogP contribution is -2.12. The smallest absolute Gasteiger partial charge is 0.107 e. The summed E-state index contributed by atoms with van der Waals surface area (Å²) in [5.74, 6) is 0. The Morgan fingerprint density at radius 1 is 1.12 bits per heavy atom. The van der Waals surface area contributed by atoms with Gasteiger partial charge < -0.3 is 0 Å². The summed E-state index contributed by atoms with van der Waals surface area (Å²) in [4.78, 5) is 0. The molecule has 2 aromatic rings. The summed E-state index contributed by atoms with van der Waals surface area (Å²) < 4.78 is 1.06. The molecule has 0 saturated carbocycles. The number of aryl methyl sites for hydroxylation is 1. The Balaban J connectivity index is 2.48. The first-order chi connectivity index (χ1) is 7.89. The quantitative estimate of drug-likeness (QED) is 0.827. The molecule has 17 heavy (non-hydrogen) atoms. The SMILES string of the molecule is Cc1ccc(-c2n[nH]c(C(C)(C)C)c2Br)cc1. The zero-order valence-corrected chi connectivity index (χ0v) is 12.2. The minimum Gasteiger partial charge on any atom is -0.280 e. The van der Waals surface area contributed by atoms with Crippen LogP contribution >= 0.6 is 15.9 Å². The van der Waals surface area contributed by atoms with Crippen molar-refractivity contribution in [2.24, 2.45) is 0 Å². The summed E-state index contributed by atoms with van der Waals surface area (Å²) in [5.41, 5.74) is 4.57. The predicted octanol–water partition coefficient (Wildman–Crippen LogP) is 4.45. The van der Waals surface area contributed by atoms with Gasteiger partial charge in [0.25, 0.3) is 0 Å². The van der Waals surface area contributed by atoms with Crippen LogP contribution in [0.2, 0.25) is 0 Å². The molecule has 1 aromatic heterocycles. The van der Waals surface area contributed by atoms with E-state index in [1.165, 1.54) is 5.56 Å². The highest BCUT2D eigenvalue weighted by Crippen LogP contribution is 2.34. The number of hydrogen-bond donors (Lipinski definition) is 1. The van der Waals surface area contributed by atoms with Gasteiger partial charge in [0.05, 0.1) is 10.2 Å². The third kappa shape index (κ3) is 2.44. The monoisotopic (exact) mass is 292 g/mol. The maximum absolute atomic E-state index is 4.41. The van der Waals surface area contributed by atoms with E-state index >= 15 is 0 Å². The van der Waals surface area contributed by atoms with Gasteiger partial charge in [-0.1, -0.05) is 50.6 Å². The molecule has 0 aliphatic heterocycles. The molecule has 0 atom stereocenters. The summed E-state index contributed by atoms with van der Waals surface area (Å²) >= 11 is 3.65. The van der Waals surface area contributed by atoms with Gasteiger partial charge in [-0.3, -0.25) is 5.10 Å². The largest absolute Gasteiger partial charge is 0.280 e. The third-order valence-corrected chi connectivity index (χ3v) is 3.55. The zero-order chi connectivity index (χ0) is 12.6. The predicted molar refractivity (Wildman–Crippen MR) is 75.2 cm³/mol. The van der Waals surface area contributed by atoms with Crippen molar-refractivity contribution in [1.82, 2.24) is 10.2 Å². The number of halogens is 1. The van der Waals surface area contributed by atoms with Crippen LogP contribution in [0.3, 0.4) is 0 Å². The lowest BCUT2D eigenvalue weighted by atomic mass is 9.92. The molecule has 0 aliphatic rings. The Kier molecular flexibility index (Phi) is 3.13. The van der Waals surface area contributed by atoms with E-state index in [1.54, 1.807) is 0 Å². The van der Waals surface area contributed by atoms with E-state index in [9.17, 15) is 0 Å². The standard InChI is InChI=1S/C14H17BrN2/c1-9-5-7-10(8-6-9)12-11(15)13(17-16-12)14(2,3)4/h5-8H,1-4H3,(H,16,17). The van der Waals surface area contributed by atoms with E-state index < -0.39 is 0 Å². The number of nitrogens with one attached hydrogen (secondary N) is 1. The molecule has 0 amide bonds. The number of aromatic amines is 1. The normalized spacial score (nSPS) is 11.8. The second-order valence-electron chi connectivity index (χ2n) is 5.38. The van der Waals surface area contributed by atoms with Crippen LogP contribution in [0.25, 0.3) is 11.3 Å². The summed E-state index contributed by atoms with van der Waals surface area (Å²) in [6.07, 6.45) is 0. The highest BCUT2D eigenvalue weighted by molar-refractivity contribution is 9.10. The number of benzene rings is 1. The van der Waals surface area contributed by atoms with E-state index in [4.69, 9.17) is 0 Å². The molecule has 0 bridgehead atoms. The van der Waals surface area contributed by atoms with E-state index in [0.717, 1.165) is 21.4 Å². The van der Waals surface area contributed by atoms with E-state index in [2.05, 4.69) is 78.1 Å². The Labute approximate surface area is 111 Å². The van der Waals surface area contributed by atoms with Gasteiger partial charge in [0, 0.05) is 11.0 Å². The Morgan fingerprint density at radius 3 is 2.18 bits per heavy atom. The fourth-order valence-corrected chi connectivity index (χ4v) is 2.73. The van der Waals surface area contributed by atoms with Crippen molar-refractivity contribution in [3.8, 4) is 11.3 Å². The average Bonchev–Trinajstić information content (AvgIpc) is 2.61. The highest BCUT2D eigenvalue weighted by atomic mass is 79.9. The van der Waals surface area contributed by atoms with Crippen LogP contribution in [0.1, 0.15) is 32.0 Å². The molecule has 2 nitrogen and oxygen atoms in total. The number of hydrogen-bond acceptors (Lipinski definition) is 1. The Hall–Kier alpha value is -1.09. The minimum absolute atomic E-state index is 0.0643. The summed E-state index contributed by atoms with van der Waals surface area (Å²) in [5, 5.41) is 7.54. The van der Waals surface area contributed by atoms with Gasteiger partial charge in [0.2, 0.25) is 0 Å². The van der Waals surface area contributed by atoms with E-state index in [-0.39, 0.29) is 5.41 Å². The molecule has 2 rings (SSSR count). The van der Waals surface area contributed by atoms with Crippen LogP contribution in [-0.4, -0.2) is 10.2 Å². The fraction of sp³-hybridized carbons (Fsp3) is 0.357. The summed E-state index contributed by atoms with van der Waals surface area (Å²) in [6.45, 7) is 8.60.